The fraction of sp³-hybridized carbons (Fsp3) is 0.873. The van der Waals surface area contributed by atoms with Crippen LogP contribution in [0.2, 0.25) is 0 Å². The van der Waals surface area contributed by atoms with E-state index in [1.165, 1.54) is 25.4 Å². The molecule has 10 aliphatic carbocycles. The lowest BCUT2D eigenvalue weighted by atomic mass is 9.33. The summed E-state index contributed by atoms with van der Waals surface area (Å²) in [6.45, 7) is 32.8. The van der Waals surface area contributed by atoms with E-state index in [0.29, 0.717) is 61.6 Å². The lowest BCUT2D eigenvalue weighted by molar-refractivity contribution is -0.219. The first-order valence-corrected chi connectivity index (χ1v) is 28.2. The Morgan fingerprint density at radius 2 is 1.04 bits per heavy atom. The Hall–Kier alpha value is -2.32. The Labute approximate surface area is 430 Å². The molecule has 2 N–H and O–H groups in total. The van der Waals surface area contributed by atoms with Crippen molar-refractivity contribution in [1.82, 2.24) is 0 Å². The van der Waals surface area contributed by atoms with Crippen LogP contribution in [0.5, 0.6) is 0 Å². The molecule has 8 heteroatoms. The summed E-state index contributed by atoms with van der Waals surface area (Å²) in [7, 11) is 2.93. The molecule has 0 aromatic carbocycles. The average Bonchev–Trinajstić information content (AvgIpc) is 3.26. The summed E-state index contributed by atoms with van der Waals surface area (Å²) < 4.78 is 10.7. The molecular formula is C63H100O8. The number of ketones is 2. The SMILES string of the molecule is C.COC(=O)[C@]12CCC(C)(C)C[C@H]1C1=CC[C@@H]3[C@@]4(C)CCC(=O)C(C)(C)[C@@H]4CC[C@@]3(C)[C@]1(C)CC2=O.COC(=O)[C@]12CCC(C)(C)C[C@H]1C1=CC[C@@H]3[C@@]4(C)CC[C@H](O)C(C)(C)[C@@H]4CC[C@@]3(C)[C@]1(C)C[C@H]2O. The monoisotopic (exact) mass is 985 g/mol. The first kappa shape index (κ1) is 54.9. The van der Waals surface area contributed by atoms with Crippen LogP contribution >= 0.6 is 0 Å². The minimum absolute atomic E-state index is 0. The maximum absolute atomic E-state index is 14.2. The van der Waals surface area contributed by atoms with Gasteiger partial charge in [0.25, 0.3) is 0 Å². The second-order valence-electron chi connectivity index (χ2n) is 30.3. The molecule has 8 fully saturated rings. The zero-order chi connectivity index (χ0) is 51.6. The summed E-state index contributed by atoms with van der Waals surface area (Å²) in [6.07, 6.45) is 20.0. The molecular weight excluding hydrogens is 885 g/mol. The zero-order valence-corrected chi connectivity index (χ0v) is 46.8. The molecule has 71 heavy (non-hydrogen) atoms. The third kappa shape index (κ3) is 7.04. The quantitative estimate of drug-likeness (QED) is 0.159. The third-order valence-corrected chi connectivity index (χ3v) is 26.0. The van der Waals surface area contributed by atoms with Crippen molar-refractivity contribution in [3.05, 3.63) is 23.3 Å². The van der Waals surface area contributed by atoms with E-state index < -0.39 is 16.9 Å². The second kappa shape index (κ2) is 16.8. The van der Waals surface area contributed by atoms with Crippen LogP contribution in [-0.4, -0.2) is 60.1 Å². The van der Waals surface area contributed by atoms with Crippen molar-refractivity contribution in [2.75, 3.05) is 14.2 Å². The van der Waals surface area contributed by atoms with Gasteiger partial charge in [0, 0.05) is 29.6 Å². The maximum Gasteiger partial charge on any atom is 0.319 e. The highest BCUT2D eigenvalue weighted by Crippen LogP contribution is 2.78. The Bertz CT molecular complexity index is 2270. The van der Waals surface area contributed by atoms with E-state index in [1.807, 2.05) is 0 Å². The fourth-order valence-corrected chi connectivity index (χ4v) is 21.3. The van der Waals surface area contributed by atoms with Gasteiger partial charge in [0.1, 0.15) is 16.6 Å². The van der Waals surface area contributed by atoms with E-state index in [-0.39, 0.29) is 97.2 Å². The first-order chi connectivity index (χ1) is 32.2. The highest BCUT2D eigenvalue weighted by atomic mass is 16.5. The summed E-state index contributed by atoms with van der Waals surface area (Å²) in [5.41, 5.74) is 0.756. The van der Waals surface area contributed by atoms with Crippen LogP contribution in [0.4, 0.5) is 0 Å². The predicted octanol–water partition coefficient (Wildman–Crippen LogP) is 13.6. The molecule has 0 bridgehead atoms. The lowest BCUT2D eigenvalue weighted by Gasteiger charge is -2.71. The van der Waals surface area contributed by atoms with Crippen LogP contribution < -0.4 is 0 Å². The Morgan fingerprint density at radius 1 is 0.535 bits per heavy atom. The van der Waals surface area contributed by atoms with Gasteiger partial charge in [-0.25, -0.2) is 0 Å². The number of aliphatic hydroxyl groups excluding tert-OH is 2. The smallest absolute Gasteiger partial charge is 0.319 e. The van der Waals surface area contributed by atoms with Crippen LogP contribution in [0.1, 0.15) is 220 Å². The van der Waals surface area contributed by atoms with Crippen LogP contribution in [0.15, 0.2) is 23.3 Å². The predicted molar refractivity (Wildman–Crippen MR) is 282 cm³/mol. The summed E-state index contributed by atoms with van der Waals surface area (Å²) in [4.78, 5) is 53.8. The van der Waals surface area contributed by atoms with Crippen molar-refractivity contribution in [3.63, 3.8) is 0 Å². The minimum Gasteiger partial charge on any atom is -0.468 e. The van der Waals surface area contributed by atoms with Gasteiger partial charge < -0.3 is 19.7 Å². The van der Waals surface area contributed by atoms with Crippen LogP contribution in [0.3, 0.4) is 0 Å². The van der Waals surface area contributed by atoms with E-state index in [0.717, 1.165) is 83.5 Å². The number of hydrogen-bond acceptors (Lipinski definition) is 8. The highest BCUT2D eigenvalue weighted by Gasteiger charge is 2.74. The Kier molecular flexibility index (Phi) is 13.0. The number of rotatable bonds is 2. The molecule has 0 aromatic rings. The molecule has 0 amide bonds. The van der Waals surface area contributed by atoms with Gasteiger partial charge in [-0.1, -0.05) is 128 Å². The number of hydrogen-bond donors (Lipinski definition) is 2. The molecule has 0 spiro atoms. The molecule has 0 saturated heterocycles. The van der Waals surface area contributed by atoms with Crippen molar-refractivity contribution in [1.29, 1.82) is 0 Å². The highest BCUT2D eigenvalue weighted by molar-refractivity contribution is 6.06. The number of fused-ring (bicyclic) bond motifs is 14. The zero-order valence-electron chi connectivity index (χ0n) is 46.8. The summed E-state index contributed by atoms with van der Waals surface area (Å²) >= 11 is 0. The number of carbonyl (C=O) groups excluding carboxylic acids is 4. The van der Waals surface area contributed by atoms with Gasteiger partial charge >= 0.3 is 11.9 Å². The van der Waals surface area contributed by atoms with Crippen LogP contribution in [-0.2, 0) is 28.7 Å². The number of aliphatic hydroxyl groups is 2. The Morgan fingerprint density at radius 3 is 1.62 bits per heavy atom. The van der Waals surface area contributed by atoms with Gasteiger partial charge in [-0.05, 0) is 176 Å². The number of Topliss-reactive ketones (excluding diaryl/α,β-unsaturated/α-hetero) is 2. The van der Waals surface area contributed by atoms with E-state index in [9.17, 15) is 29.4 Å². The number of methoxy groups -OCH3 is 2. The van der Waals surface area contributed by atoms with Crippen molar-refractivity contribution in [3.8, 4) is 0 Å². The molecule has 8 nitrogen and oxygen atoms in total. The molecule has 0 aliphatic heterocycles. The largest absolute Gasteiger partial charge is 0.468 e. The van der Waals surface area contributed by atoms with Gasteiger partial charge in [-0.15, -0.1) is 0 Å². The standard InChI is InChI=1S/C31H50O4.C31H46O4.CH4/c2*1-26(2)15-16-31(25(34)35-8)20(17-26)19-9-10-22-28(5)13-12-23(32)27(3,4)21(28)11-14-29(22,6)30(19,7)18-24(31)33;/h9,20-24,32-33H,10-18H2,1-8H3;9,20-22H,10-18H2,1-8H3;1H4/t20-,21-,22+,23-,24+,28-,29+,30+,31+;20-,21-,22+,28-,29+,30+,31+;/m00./s1. The Balaban J connectivity index is 0.000000188. The molecule has 16 atom stereocenters. The number of allylic oxidation sites excluding steroid dienone is 4. The maximum atomic E-state index is 14.2. The number of ether oxygens (including phenoxy) is 2. The lowest BCUT2D eigenvalue weighted by Crippen LogP contribution is -2.67. The molecule has 0 aromatic heterocycles. The molecule has 0 heterocycles. The molecule has 0 unspecified atom stereocenters. The van der Waals surface area contributed by atoms with Crippen molar-refractivity contribution < 1.29 is 38.9 Å². The summed E-state index contributed by atoms with van der Waals surface area (Å²) in [5.74, 6) is 1.81. The van der Waals surface area contributed by atoms with E-state index in [4.69, 9.17) is 9.47 Å². The molecule has 10 aliphatic rings. The van der Waals surface area contributed by atoms with E-state index >= 15 is 0 Å². The number of carbonyl (C=O) groups is 4. The number of esters is 2. The van der Waals surface area contributed by atoms with Gasteiger partial charge in [-0.2, -0.15) is 0 Å². The van der Waals surface area contributed by atoms with Gasteiger partial charge in [0.05, 0.1) is 26.4 Å². The van der Waals surface area contributed by atoms with E-state index in [1.54, 1.807) is 0 Å². The minimum atomic E-state index is -1.01. The molecule has 0 radical (unpaired) electrons. The summed E-state index contributed by atoms with van der Waals surface area (Å²) in [5, 5.41) is 22.8. The fourth-order valence-electron chi connectivity index (χ4n) is 21.3. The third-order valence-electron chi connectivity index (χ3n) is 26.0. The van der Waals surface area contributed by atoms with Gasteiger partial charge in [-0.3, -0.25) is 19.2 Å². The van der Waals surface area contributed by atoms with Crippen molar-refractivity contribution >= 4 is 23.5 Å². The van der Waals surface area contributed by atoms with Crippen molar-refractivity contribution in [2.45, 2.75) is 232 Å². The first-order valence-electron chi connectivity index (χ1n) is 28.2. The van der Waals surface area contributed by atoms with E-state index in [2.05, 4.69) is 109 Å². The van der Waals surface area contributed by atoms with Crippen LogP contribution in [0.25, 0.3) is 0 Å². The van der Waals surface area contributed by atoms with Gasteiger partial charge in [0.15, 0.2) is 5.78 Å². The van der Waals surface area contributed by atoms with Crippen molar-refractivity contribution in [2.24, 2.45) is 100 Å². The molecule has 400 valence electrons. The summed E-state index contributed by atoms with van der Waals surface area (Å²) in [6, 6.07) is 0. The van der Waals surface area contributed by atoms with Gasteiger partial charge in [0.2, 0.25) is 0 Å². The normalized spacial score (nSPS) is 49.4. The molecule has 8 saturated carbocycles. The topological polar surface area (TPSA) is 127 Å². The average molecular weight is 985 g/mol. The molecule has 10 rings (SSSR count). The second-order valence-corrected chi connectivity index (χ2v) is 30.3. The van der Waals surface area contributed by atoms with Crippen LogP contribution in [0, 0.1) is 100 Å².